The van der Waals surface area contributed by atoms with Crippen LogP contribution < -0.4 is 5.32 Å². The number of furan rings is 1. The largest absolute Gasteiger partial charge is 0.457 e. The molecule has 19 heavy (non-hydrogen) atoms. The molecule has 1 aromatic rings. The normalized spacial score (nSPS) is 25.2. The SMILES string of the molecule is CC(C)O[C@H]1C[C@@H](NC(=O)c2ccoc2Br)C1(C)C. The van der Waals surface area contributed by atoms with E-state index in [4.69, 9.17) is 9.15 Å². The van der Waals surface area contributed by atoms with Crippen molar-refractivity contribution in [3.8, 4) is 0 Å². The van der Waals surface area contributed by atoms with Gasteiger partial charge in [0.15, 0.2) is 4.67 Å². The van der Waals surface area contributed by atoms with Crippen molar-refractivity contribution in [1.82, 2.24) is 5.32 Å². The zero-order valence-electron chi connectivity index (χ0n) is 11.7. The third kappa shape index (κ3) is 2.87. The van der Waals surface area contributed by atoms with Crippen LogP contribution >= 0.6 is 15.9 Å². The molecule has 1 aromatic heterocycles. The van der Waals surface area contributed by atoms with Gasteiger partial charge in [-0.05, 0) is 42.3 Å². The molecule has 1 aliphatic carbocycles. The molecule has 4 nitrogen and oxygen atoms in total. The molecule has 106 valence electrons. The van der Waals surface area contributed by atoms with E-state index >= 15 is 0 Å². The Morgan fingerprint density at radius 3 is 2.74 bits per heavy atom. The summed E-state index contributed by atoms with van der Waals surface area (Å²) in [5, 5.41) is 3.04. The minimum absolute atomic E-state index is 0.0455. The molecule has 1 amide bonds. The van der Waals surface area contributed by atoms with Gasteiger partial charge in [-0.15, -0.1) is 0 Å². The summed E-state index contributed by atoms with van der Waals surface area (Å²) in [5.74, 6) is -0.110. The van der Waals surface area contributed by atoms with Crippen molar-refractivity contribution in [3.63, 3.8) is 0 Å². The lowest BCUT2D eigenvalue weighted by atomic mass is 9.64. The van der Waals surface area contributed by atoms with Crippen LogP contribution in [0.25, 0.3) is 0 Å². The van der Waals surface area contributed by atoms with Gasteiger partial charge in [0.1, 0.15) is 0 Å². The fraction of sp³-hybridized carbons (Fsp3) is 0.643. The van der Waals surface area contributed by atoms with E-state index in [-0.39, 0.29) is 29.6 Å². The number of ether oxygens (including phenoxy) is 1. The summed E-state index contributed by atoms with van der Waals surface area (Å²) in [6, 6.07) is 1.79. The van der Waals surface area contributed by atoms with Crippen LogP contribution in [0.15, 0.2) is 21.4 Å². The highest BCUT2D eigenvalue weighted by atomic mass is 79.9. The van der Waals surface area contributed by atoms with E-state index in [2.05, 4.69) is 35.1 Å². The number of carbonyl (C=O) groups is 1. The predicted octanol–water partition coefficient (Wildman–Crippen LogP) is 3.36. The van der Waals surface area contributed by atoms with Gasteiger partial charge in [0, 0.05) is 11.5 Å². The molecule has 1 saturated carbocycles. The van der Waals surface area contributed by atoms with Gasteiger partial charge < -0.3 is 14.5 Å². The monoisotopic (exact) mass is 329 g/mol. The number of rotatable bonds is 4. The van der Waals surface area contributed by atoms with Crippen LogP contribution in [0.5, 0.6) is 0 Å². The molecule has 1 N–H and O–H groups in total. The Bertz CT molecular complexity index is 467. The summed E-state index contributed by atoms with van der Waals surface area (Å²) in [4.78, 5) is 12.1. The average Bonchev–Trinajstić information content (AvgIpc) is 2.73. The summed E-state index contributed by atoms with van der Waals surface area (Å²) in [6.07, 6.45) is 2.76. The zero-order valence-corrected chi connectivity index (χ0v) is 13.3. The molecule has 5 heteroatoms. The Hall–Kier alpha value is -0.810. The molecular weight excluding hydrogens is 310 g/mol. The van der Waals surface area contributed by atoms with Crippen molar-refractivity contribution in [2.75, 3.05) is 0 Å². The molecule has 0 unspecified atom stereocenters. The summed E-state index contributed by atoms with van der Waals surface area (Å²) in [6.45, 7) is 8.31. The second kappa shape index (κ2) is 5.29. The highest BCUT2D eigenvalue weighted by molar-refractivity contribution is 9.10. The molecule has 0 radical (unpaired) electrons. The molecule has 1 aliphatic rings. The van der Waals surface area contributed by atoms with Gasteiger partial charge in [0.25, 0.3) is 5.91 Å². The van der Waals surface area contributed by atoms with Gasteiger partial charge in [-0.3, -0.25) is 4.79 Å². The van der Waals surface area contributed by atoms with E-state index in [1.165, 1.54) is 6.26 Å². The lowest BCUT2D eigenvalue weighted by molar-refractivity contribution is -0.136. The Labute approximate surface area is 122 Å². The maximum atomic E-state index is 12.1. The molecule has 2 atom stereocenters. The van der Waals surface area contributed by atoms with Crippen molar-refractivity contribution in [2.45, 2.75) is 52.4 Å². The number of nitrogens with one attached hydrogen (secondary N) is 1. The lowest BCUT2D eigenvalue weighted by Gasteiger charge is -2.52. The fourth-order valence-corrected chi connectivity index (χ4v) is 2.80. The van der Waals surface area contributed by atoms with Crippen LogP contribution in [-0.4, -0.2) is 24.2 Å². The van der Waals surface area contributed by atoms with Crippen LogP contribution in [0.3, 0.4) is 0 Å². The molecule has 0 bridgehead atoms. The Balaban J connectivity index is 1.95. The predicted molar refractivity (Wildman–Crippen MR) is 76.1 cm³/mol. The lowest BCUT2D eigenvalue weighted by Crippen LogP contribution is -2.62. The van der Waals surface area contributed by atoms with Gasteiger partial charge >= 0.3 is 0 Å². The van der Waals surface area contributed by atoms with E-state index in [9.17, 15) is 4.79 Å². The Morgan fingerprint density at radius 2 is 2.26 bits per heavy atom. The minimum atomic E-state index is -0.110. The quantitative estimate of drug-likeness (QED) is 0.921. The number of hydrogen-bond donors (Lipinski definition) is 1. The molecule has 0 aliphatic heterocycles. The van der Waals surface area contributed by atoms with Crippen molar-refractivity contribution < 1.29 is 13.9 Å². The topological polar surface area (TPSA) is 51.5 Å². The van der Waals surface area contributed by atoms with E-state index in [0.717, 1.165) is 6.42 Å². The first-order valence-electron chi connectivity index (χ1n) is 6.51. The van der Waals surface area contributed by atoms with Gasteiger partial charge in [0.05, 0.1) is 24.0 Å². The summed E-state index contributed by atoms with van der Waals surface area (Å²) >= 11 is 3.22. The average molecular weight is 330 g/mol. The Kier molecular flexibility index (Phi) is 4.06. The number of hydrogen-bond acceptors (Lipinski definition) is 3. The van der Waals surface area contributed by atoms with Crippen molar-refractivity contribution in [2.24, 2.45) is 5.41 Å². The third-order valence-electron chi connectivity index (χ3n) is 3.78. The number of amides is 1. The van der Waals surface area contributed by atoms with E-state index in [1.807, 2.05) is 13.8 Å². The third-order valence-corrected chi connectivity index (χ3v) is 4.40. The number of carbonyl (C=O) groups excluding carboxylic acids is 1. The van der Waals surface area contributed by atoms with Crippen LogP contribution in [0, 0.1) is 5.41 Å². The smallest absolute Gasteiger partial charge is 0.255 e. The second-order valence-corrected chi connectivity index (χ2v) is 6.58. The second-order valence-electron chi connectivity index (χ2n) is 5.86. The van der Waals surface area contributed by atoms with Crippen LogP contribution in [0.2, 0.25) is 0 Å². The summed E-state index contributed by atoms with van der Waals surface area (Å²) in [5.41, 5.74) is 0.486. The van der Waals surface area contributed by atoms with Gasteiger partial charge in [0.2, 0.25) is 0 Å². The van der Waals surface area contributed by atoms with Crippen molar-refractivity contribution in [3.05, 3.63) is 22.6 Å². The van der Waals surface area contributed by atoms with Crippen LogP contribution in [0.4, 0.5) is 0 Å². The maximum Gasteiger partial charge on any atom is 0.255 e. The first-order valence-corrected chi connectivity index (χ1v) is 7.31. The maximum absolute atomic E-state index is 12.1. The van der Waals surface area contributed by atoms with E-state index in [0.29, 0.717) is 10.2 Å². The Morgan fingerprint density at radius 1 is 1.58 bits per heavy atom. The van der Waals surface area contributed by atoms with Crippen LogP contribution in [-0.2, 0) is 4.74 Å². The van der Waals surface area contributed by atoms with Crippen molar-refractivity contribution >= 4 is 21.8 Å². The van der Waals surface area contributed by atoms with E-state index < -0.39 is 0 Å². The summed E-state index contributed by atoms with van der Waals surface area (Å²) < 4.78 is 11.4. The number of halogens is 1. The van der Waals surface area contributed by atoms with Crippen molar-refractivity contribution in [1.29, 1.82) is 0 Å². The zero-order chi connectivity index (χ0) is 14.2. The van der Waals surface area contributed by atoms with E-state index in [1.54, 1.807) is 6.07 Å². The van der Waals surface area contributed by atoms with Gasteiger partial charge in [-0.2, -0.15) is 0 Å². The highest BCUT2D eigenvalue weighted by Gasteiger charge is 2.50. The minimum Gasteiger partial charge on any atom is -0.457 e. The first kappa shape index (κ1) is 14.6. The van der Waals surface area contributed by atoms with Gasteiger partial charge in [-0.25, -0.2) is 0 Å². The van der Waals surface area contributed by atoms with Gasteiger partial charge in [-0.1, -0.05) is 13.8 Å². The molecule has 0 aromatic carbocycles. The fourth-order valence-electron chi connectivity index (χ4n) is 2.38. The molecule has 0 spiro atoms. The molecule has 1 heterocycles. The standard InChI is InChI=1S/C14H20BrNO3/c1-8(2)19-11-7-10(14(11,3)4)16-13(17)9-5-6-18-12(9)15/h5-6,8,10-11H,7H2,1-4H3,(H,16,17)/t10-,11+/m1/s1. The molecular formula is C14H20BrNO3. The van der Waals surface area contributed by atoms with Crippen LogP contribution in [0.1, 0.15) is 44.5 Å². The molecule has 0 saturated heterocycles. The molecule has 1 fully saturated rings. The molecule has 2 rings (SSSR count). The summed E-state index contributed by atoms with van der Waals surface area (Å²) in [7, 11) is 0. The highest BCUT2D eigenvalue weighted by Crippen LogP contribution is 2.43. The first-order chi connectivity index (χ1) is 8.82.